The molecule has 0 aromatic carbocycles. The van der Waals surface area contributed by atoms with Crippen molar-refractivity contribution in [1.82, 2.24) is 0 Å². The number of halogens is 3. The van der Waals surface area contributed by atoms with Gasteiger partial charge in [0.1, 0.15) is 0 Å². The molecule has 0 heterocycles. The number of hydrogen-bond acceptors (Lipinski definition) is 4. The largest absolute Gasteiger partial charge is 0.493 e. The molecule has 9 heavy (non-hydrogen) atoms. The normalized spacial score (nSPS) is 10.6. The van der Waals surface area contributed by atoms with Gasteiger partial charge in [-0.3, -0.25) is 4.84 Å². The lowest BCUT2D eigenvalue weighted by atomic mass is 10.7. The molecule has 0 bridgehead atoms. The molecular weight excluding hydrogens is 143 g/mol. The topological polar surface area (TPSA) is 55.7 Å². The van der Waals surface area contributed by atoms with Crippen molar-refractivity contribution in [3.63, 3.8) is 0 Å². The molecule has 0 N–H and O–H groups in total. The zero-order chi connectivity index (χ0) is 7.49. The summed E-state index contributed by atoms with van der Waals surface area (Å²) < 4.78 is 32.9. The van der Waals surface area contributed by atoms with Gasteiger partial charge in [-0.1, -0.05) is 0 Å². The van der Waals surface area contributed by atoms with Crippen LogP contribution in [0.3, 0.4) is 0 Å². The van der Waals surface area contributed by atoms with E-state index in [-0.39, 0.29) is 0 Å². The minimum atomic E-state index is -5.14. The SMILES string of the molecule is O=NOC(=O)C(F)(F)F. The van der Waals surface area contributed by atoms with Crippen LogP contribution in [-0.2, 0) is 9.63 Å². The van der Waals surface area contributed by atoms with Crippen LogP contribution in [0.4, 0.5) is 13.2 Å². The van der Waals surface area contributed by atoms with E-state index in [9.17, 15) is 18.0 Å². The molecule has 0 fully saturated rings. The number of nitrogens with zero attached hydrogens (tertiary/aromatic N) is 1. The van der Waals surface area contributed by atoms with E-state index in [2.05, 4.69) is 4.84 Å². The number of hydrogen-bond donors (Lipinski definition) is 0. The van der Waals surface area contributed by atoms with Crippen LogP contribution >= 0.6 is 0 Å². The Kier molecular flexibility index (Phi) is 2.12. The van der Waals surface area contributed by atoms with Crippen LogP contribution < -0.4 is 0 Å². The van der Waals surface area contributed by atoms with Crippen LogP contribution in [-0.4, -0.2) is 12.1 Å². The minimum absolute atomic E-state index is 1.28. The van der Waals surface area contributed by atoms with Crippen molar-refractivity contribution in [2.45, 2.75) is 6.18 Å². The van der Waals surface area contributed by atoms with E-state index in [4.69, 9.17) is 4.91 Å². The molecule has 0 saturated heterocycles. The van der Waals surface area contributed by atoms with E-state index in [1.807, 2.05) is 0 Å². The van der Waals surface area contributed by atoms with Crippen molar-refractivity contribution in [1.29, 1.82) is 0 Å². The Labute approximate surface area is 46.5 Å². The molecule has 0 aromatic rings. The van der Waals surface area contributed by atoms with Gasteiger partial charge in [-0.25, -0.2) is 4.79 Å². The average Bonchev–Trinajstić information content (AvgIpc) is 1.64. The summed E-state index contributed by atoms with van der Waals surface area (Å²) in [7, 11) is 0. The molecular formula is C2F3NO3. The van der Waals surface area contributed by atoms with Gasteiger partial charge in [0.05, 0.1) is 0 Å². The van der Waals surface area contributed by atoms with Gasteiger partial charge in [0.15, 0.2) is 5.34 Å². The van der Waals surface area contributed by atoms with Gasteiger partial charge in [-0.05, 0) is 0 Å². The van der Waals surface area contributed by atoms with Gasteiger partial charge in [-0.15, -0.1) is 4.91 Å². The summed E-state index contributed by atoms with van der Waals surface area (Å²) in [6, 6.07) is 0. The summed E-state index contributed by atoms with van der Waals surface area (Å²) in [5.41, 5.74) is 0. The quantitative estimate of drug-likeness (QED) is 0.402. The van der Waals surface area contributed by atoms with Crippen molar-refractivity contribution in [3.8, 4) is 0 Å². The highest BCUT2D eigenvalue weighted by atomic mass is 19.4. The van der Waals surface area contributed by atoms with Gasteiger partial charge in [-0.2, -0.15) is 13.2 Å². The van der Waals surface area contributed by atoms with Crippen LogP contribution in [0.1, 0.15) is 0 Å². The zero-order valence-corrected chi connectivity index (χ0v) is 3.81. The van der Waals surface area contributed by atoms with Crippen molar-refractivity contribution in [2.24, 2.45) is 5.34 Å². The molecule has 0 spiro atoms. The maximum Gasteiger partial charge on any atom is 0.493 e. The summed E-state index contributed by atoms with van der Waals surface area (Å²) >= 11 is 0. The Balaban J connectivity index is 3.88. The maximum absolute atomic E-state index is 11.0. The molecule has 0 radical (unpaired) electrons. The molecule has 4 nitrogen and oxygen atoms in total. The third-order valence-electron chi connectivity index (χ3n) is 0.352. The fraction of sp³-hybridized carbons (Fsp3) is 0.500. The van der Waals surface area contributed by atoms with E-state index < -0.39 is 12.1 Å². The first-order valence-electron chi connectivity index (χ1n) is 1.59. The number of carbonyl (C=O) groups excluding carboxylic acids is 1. The van der Waals surface area contributed by atoms with Crippen LogP contribution in [0.2, 0.25) is 0 Å². The summed E-state index contributed by atoms with van der Waals surface area (Å²) in [6.45, 7) is 0. The smallest absolute Gasteiger partial charge is 0.274 e. The molecule has 0 amide bonds. The van der Waals surface area contributed by atoms with Crippen molar-refractivity contribution in [2.75, 3.05) is 0 Å². The maximum atomic E-state index is 11.0. The number of carbonyl (C=O) groups is 1. The van der Waals surface area contributed by atoms with E-state index >= 15 is 0 Å². The highest BCUT2D eigenvalue weighted by molar-refractivity contribution is 5.75. The van der Waals surface area contributed by atoms with Crippen molar-refractivity contribution >= 4 is 5.97 Å². The molecule has 7 heteroatoms. The second-order valence-corrected chi connectivity index (χ2v) is 0.951. The lowest BCUT2D eigenvalue weighted by Crippen LogP contribution is -2.23. The first kappa shape index (κ1) is 7.86. The summed E-state index contributed by atoms with van der Waals surface area (Å²) in [5.74, 6) is -2.61. The van der Waals surface area contributed by atoms with Gasteiger partial charge in [0.25, 0.3) is 0 Å². The average molecular weight is 143 g/mol. The van der Waals surface area contributed by atoms with E-state index in [0.717, 1.165) is 0 Å². The first-order chi connectivity index (χ1) is 3.98. The van der Waals surface area contributed by atoms with Gasteiger partial charge < -0.3 is 0 Å². The Morgan fingerprint density at radius 3 is 2.00 bits per heavy atom. The van der Waals surface area contributed by atoms with Gasteiger partial charge in [0, 0.05) is 0 Å². The zero-order valence-electron chi connectivity index (χ0n) is 3.81. The Morgan fingerprint density at radius 2 is 1.89 bits per heavy atom. The van der Waals surface area contributed by atoms with E-state index in [1.165, 1.54) is 5.34 Å². The van der Waals surface area contributed by atoms with Gasteiger partial charge in [0.2, 0.25) is 0 Å². The van der Waals surface area contributed by atoms with Crippen LogP contribution in [0.25, 0.3) is 0 Å². The number of rotatable bonds is 1. The third kappa shape index (κ3) is 2.62. The Hall–Kier alpha value is -1.14. The van der Waals surface area contributed by atoms with Crippen molar-refractivity contribution in [3.05, 3.63) is 4.91 Å². The highest BCUT2D eigenvalue weighted by Crippen LogP contribution is 2.16. The fourth-order valence-corrected chi connectivity index (χ4v) is 0.0856. The molecule has 0 aromatic heterocycles. The van der Waals surface area contributed by atoms with E-state index in [1.54, 1.807) is 0 Å². The van der Waals surface area contributed by atoms with Gasteiger partial charge >= 0.3 is 12.1 Å². The lowest BCUT2D eigenvalue weighted by Gasteiger charge is -1.96. The summed E-state index contributed by atoms with van der Waals surface area (Å²) in [5, 5.41) is 1.28. The summed E-state index contributed by atoms with van der Waals surface area (Å²) in [4.78, 5) is 21.0. The van der Waals surface area contributed by atoms with Crippen LogP contribution in [0.5, 0.6) is 0 Å². The second-order valence-electron chi connectivity index (χ2n) is 0.951. The van der Waals surface area contributed by atoms with Crippen molar-refractivity contribution < 1.29 is 22.8 Å². The first-order valence-corrected chi connectivity index (χ1v) is 1.59. The lowest BCUT2D eigenvalue weighted by molar-refractivity contribution is -0.200. The molecule has 0 atom stereocenters. The monoisotopic (exact) mass is 143 g/mol. The Bertz CT molecular complexity index is 130. The molecule has 0 aliphatic carbocycles. The fourth-order valence-electron chi connectivity index (χ4n) is 0.0856. The predicted octanol–water partition coefficient (Wildman–Crippen LogP) is 0.773. The molecule has 0 aliphatic heterocycles. The molecule has 0 saturated carbocycles. The van der Waals surface area contributed by atoms with Crippen LogP contribution in [0, 0.1) is 4.91 Å². The standard InChI is InChI=1S/C2F3NO3/c3-2(4,5)1(7)9-6-8. The second kappa shape index (κ2) is 2.42. The molecule has 0 unspecified atom stereocenters. The predicted molar refractivity (Wildman–Crippen MR) is 17.9 cm³/mol. The molecule has 0 aliphatic rings. The summed E-state index contributed by atoms with van der Waals surface area (Å²) in [6.07, 6.45) is -5.14. The van der Waals surface area contributed by atoms with E-state index in [0.29, 0.717) is 0 Å². The Morgan fingerprint density at radius 1 is 1.44 bits per heavy atom. The molecule has 0 rings (SSSR count). The highest BCUT2D eigenvalue weighted by Gasteiger charge is 2.42. The third-order valence-corrected chi connectivity index (χ3v) is 0.352. The van der Waals surface area contributed by atoms with Crippen LogP contribution in [0.15, 0.2) is 5.34 Å². The minimum Gasteiger partial charge on any atom is -0.274 e. The number of alkyl halides is 3. The molecule has 52 valence electrons.